The molecule has 1 fully saturated rings. The van der Waals surface area contributed by atoms with Gasteiger partial charge in [-0.1, -0.05) is 23.2 Å². The minimum absolute atomic E-state index is 0.0465. The molecule has 2 aromatic rings. The zero-order valence-electron chi connectivity index (χ0n) is 17.9. The maximum atomic E-state index is 13.1. The molecule has 174 valence electrons. The summed E-state index contributed by atoms with van der Waals surface area (Å²) in [5.74, 6) is 0.275. The number of amides is 1. The van der Waals surface area contributed by atoms with Crippen molar-refractivity contribution in [1.82, 2.24) is 4.31 Å². The van der Waals surface area contributed by atoms with Crippen LogP contribution >= 0.6 is 23.2 Å². The van der Waals surface area contributed by atoms with Gasteiger partial charge < -0.3 is 19.5 Å². The highest BCUT2D eigenvalue weighted by molar-refractivity contribution is 7.89. The maximum absolute atomic E-state index is 13.1. The van der Waals surface area contributed by atoms with Gasteiger partial charge in [0, 0.05) is 25.2 Å². The fourth-order valence-corrected chi connectivity index (χ4v) is 5.63. The zero-order chi connectivity index (χ0) is 23.5. The number of piperidine rings is 1. The summed E-state index contributed by atoms with van der Waals surface area (Å²) in [5.41, 5.74) is 0.390. The van der Waals surface area contributed by atoms with E-state index in [-0.39, 0.29) is 22.4 Å². The quantitative estimate of drug-likeness (QED) is 0.613. The lowest BCUT2D eigenvalue weighted by molar-refractivity contribution is -0.120. The van der Waals surface area contributed by atoms with Gasteiger partial charge in [0.25, 0.3) is 0 Å². The Hall–Kier alpha value is -2.20. The van der Waals surface area contributed by atoms with Crippen molar-refractivity contribution in [3.05, 3.63) is 40.4 Å². The van der Waals surface area contributed by atoms with Crippen LogP contribution in [0.1, 0.15) is 12.8 Å². The van der Waals surface area contributed by atoms with Crippen LogP contribution in [0.2, 0.25) is 10.0 Å². The number of rotatable bonds is 7. The summed E-state index contributed by atoms with van der Waals surface area (Å²) < 4.78 is 43.1. The third-order valence-electron chi connectivity index (χ3n) is 5.25. The monoisotopic (exact) mass is 502 g/mol. The predicted octanol–water partition coefficient (Wildman–Crippen LogP) is 4.06. The van der Waals surface area contributed by atoms with Gasteiger partial charge in [0.05, 0.1) is 47.9 Å². The van der Waals surface area contributed by atoms with E-state index >= 15 is 0 Å². The lowest BCUT2D eigenvalue weighted by atomic mass is 9.98. The summed E-state index contributed by atoms with van der Waals surface area (Å²) in [6.45, 7) is 0.360. The number of methoxy groups -OCH3 is 3. The minimum atomic E-state index is -3.83. The number of nitrogens with one attached hydrogen (secondary N) is 1. The van der Waals surface area contributed by atoms with Gasteiger partial charge in [-0.05, 0) is 31.0 Å². The molecule has 2 aromatic carbocycles. The van der Waals surface area contributed by atoms with E-state index in [0.29, 0.717) is 47.3 Å². The molecule has 0 radical (unpaired) electrons. The van der Waals surface area contributed by atoms with E-state index < -0.39 is 15.9 Å². The predicted molar refractivity (Wildman–Crippen MR) is 123 cm³/mol. The minimum Gasteiger partial charge on any atom is -0.495 e. The summed E-state index contributed by atoms with van der Waals surface area (Å²) in [5, 5.41) is 3.35. The van der Waals surface area contributed by atoms with E-state index in [1.165, 1.54) is 43.8 Å². The zero-order valence-corrected chi connectivity index (χ0v) is 20.2. The van der Waals surface area contributed by atoms with Crippen molar-refractivity contribution in [3.63, 3.8) is 0 Å². The molecule has 0 bridgehead atoms. The Morgan fingerprint density at radius 2 is 1.66 bits per heavy atom. The largest absolute Gasteiger partial charge is 0.495 e. The molecule has 1 saturated heterocycles. The van der Waals surface area contributed by atoms with E-state index in [4.69, 9.17) is 37.4 Å². The van der Waals surface area contributed by atoms with E-state index in [9.17, 15) is 13.2 Å². The first-order chi connectivity index (χ1) is 15.2. The van der Waals surface area contributed by atoms with Crippen LogP contribution < -0.4 is 19.5 Å². The Morgan fingerprint density at radius 3 is 2.28 bits per heavy atom. The van der Waals surface area contributed by atoms with Crippen LogP contribution in [-0.4, -0.2) is 53.0 Å². The lowest BCUT2D eigenvalue weighted by Crippen LogP contribution is -2.43. The van der Waals surface area contributed by atoms with Gasteiger partial charge in [-0.3, -0.25) is 4.79 Å². The number of nitrogens with zero attached hydrogens (tertiary/aromatic N) is 1. The summed E-state index contributed by atoms with van der Waals surface area (Å²) in [7, 11) is 0.554. The van der Waals surface area contributed by atoms with Crippen molar-refractivity contribution in [1.29, 1.82) is 0 Å². The van der Waals surface area contributed by atoms with Gasteiger partial charge in [-0.2, -0.15) is 4.31 Å². The highest BCUT2D eigenvalue weighted by Gasteiger charge is 2.34. The van der Waals surface area contributed by atoms with Crippen LogP contribution in [0, 0.1) is 5.92 Å². The standard InChI is InChI=1S/C21H24Cl2N2O6S/c1-29-18-7-6-14(9-15(18)22)32(27,28)25-8-4-5-13(12-25)21(26)24-17-11-19(30-2)16(23)10-20(17)31-3/h6-7,9-11,13H,4-5,8,12H2,1-3H3,(H,24,26)/t13-/m0/s1. The molecule has 1 N–H and O–H groups in total. The van der Waals surface area contributed by atoms with Crippen LogP contribution in [-0.2, 0) is 14.8 Å². The number of carbonyl (C=O) groups excluding carboxylic acids is 1. The van der Waals surface area contributed by atoms with Crippen LogP contribution in [0.5, 0.6) is 17.2 Å². The Bertz CT molecular complexity index is 1110. The summed E-state index contributed by atoms with van der Waals surface area (Å²) in [4.78, 5) is 13.0. The molecule has 32 heavy (non-hydrogen) atoms. The van der Waals surface area contributed by atoms with Gasteiger partial charge in [-0.15, -0.1) is 0 Å². The van der Waals surface area contributed by atoms with Crippen LogP contribution in [0.25, 0.3) is 0 Å². The highest BCUT2D eigenvalue weighted by atomic mass is 35.5. The van der Waals surface area contributed by atoms with Crippen molar-refractivity contribution in [2.45, 2.75) is 17.7 Å². The average molecular weight is 503 g/mol. The second-order valence-electron chi connectivity index (χ2n) is 7.17. The first kappa shape index (κ1) is 24.4. The molecule has 1 aliphatic heterocycles. The Kier molecular flexibility index (Phi) is 7.76. The van der Waals surface area contributed by atoms with E-state index in [1.807, 2.05) is 0 Å². The van der Waals surface area contributed by atoms with Crippen molar-refractivity contribution < 1.29 is 27.4 Å². The number of carbonyl (C=O) groups is 1. The first-order valence-corrected chi connectivity index (χ1v) is 12.0. The molecule has 0 aliphatic carbocycles. The number of sulfonamides is 1. The molecule has 0 unspecified atom stereocenters. The van der Waals surface area contributed by atoms with Crippen LogP contribution in [0.4, 0.5) is 5.69 Å². The van der Waals surface area contributed by atoms with Crippen molar-refractivity contribution in [2.24, 2.45) is 5.92 Å². The molecule has 3 rings (SSSR count). The molecular weight excluding hydrogens is 479 g/mol. The SMILES string of the molecule is COc1ccc(S(=O)(=O)N2CCC[C@H](C(=O)Nc3cc(OC)c(Cl)cc3OC)C2)cc1Cl. The van der Waals surface area contributed by atoms with Gasteiger partial charge in [0.15, 0.2) is 0 Å². The number of hydrogen-bond donors (Lipinski definition) is 1. The lowest BCUT2D eigenvalue weighted by Gasteiger charge is -2.31. The molecule has 11 heteroatoms. The molecule has 1 amide bonds. The van der Waals surface area contributed by atoms with Crippen molar-refractivity contribution in [3.8, 4) is 17.2 Å². The topological polar surface area (TPSA) is 94.2 Å². The Balaban J connectivity index is 1.79. The fourth-order valence-electron chi connectivity index (χ4n) is 3.52. The second kappa shape index (κ2) is 10.2. The number of hydrogen-bond acceptors (Lipinski definition) is 6. The molecule has 8 nitrogen and oxygen atoms in total. The Labute approximate surface area is 197 Å². The van der Waals surface area contributed by atoms with E-state index in [2.05, 4.69) is 5.32 Å². The third kappa shape index (κ3) is 5.06. The molecule has 0 saturated carbocycles. The van der Waals surface area contributed by atoms with Crippen molar-refractivity contribution in [2.75, 3.05) is 39.7 Å². The van der Waals surface area contributed by atoms with Crippen LogP contribution in [0.15, 0.2) is 35.2 Å². The van der Waals surface area contributed by atoms with Crippen molar-refractivity contribution >= 4 is 44.8 Å². The first-order valence-electron chi connectivity index (χ1n) is 9.77. The van der Waals surface area contributed by atoms with Gasteiger partial charge in [-0.25, -0.2) is 8.42 Å². The molecule has 0 aromatic heterocycles. The van der Waals surface area contributed by atoms with Gasteiger partial charge in [0.2, 0.25) is 15.9 Å². The summed E-state index contributed by atoms with van der Waals surface area (Å²) >= 11 is 12.2. The maximum Gasteiger partial charge on any atom is 0.243 e. The average Bonchev–Trinajstić information content (AvgIpc) is 2.79. The van der Waals surface area contributed by atoms with Gasteiger partial charge in [0.1, 0.15) is 17.2 Å². The molecule has 1 atom stereocenters. The number of benzene rings is 2. The summed E-state index contributed by atoms with van der Waals surface area (Å²) in [6, 6.07) is 7.40. The van der Waals surface area contributed by atoms with Crippen LogP contribution in [0.3, 0.4) is 0 Å². The number of anilines is 1. The summed E-state index contributed by atoms with van der Waals surface area (Å²) in [6.07, 6.45) is 1.09. The van der Waals surface area contributed by atoms with E-state index in [1.54, 1.807) is 12.1 Å². The highest BCUT2D eigenvalue weighted by Crippen LogP contribution is 2.36. The van der Waals surface area contributed by atoms with E-state index in [0.717, 1.165) is 0 Å². The van der Waals surface area contributed by atoms with Gasteiger partial charge >= 0.3 is 0 Å². The molecule has 1 heterocycles. The fraction of sp³-hybridized carbons (Fsp3) is 0.381. The molecule has 1 aliphatic rings. The third-order valence-corrected chi connectivity index (χ3v) is 7.70. The normalized spacial score (nSPS) is 17.0. The molecular formula is C21H24Cl2N2O6S. The molecule has 0 spiro atoms. The smallest absolute Gasteiger partial charge is 0.243 e. The Morgan fingerprint density at radius 1 is 1.00 bits per heavy atom. The second-order valence-corrected chi connectivity index (χ2v) is 9.93. The number of halogens is 2. The number of ether oxygens (including phenoxy) is 3.